The lowest BCUT2D eigenvalue weighted by molar-refractivity contribution is -0.192. The van der Waals surface area contributed by atoms with Crippen LogP contribution in [0.25, 0.3) is 11.0 Å². The molecule has 1 aliphatic rings. The van der Waals surface area contributed by atoms with Crippen molar-refractivity contribution < 1.29 is 32.3 Å². The third kappa shape index (κ3) is 7.43. The fourth-order valence-corrected chi connectivity index (χ4v) is 4.04. The average molecular weight is 512 g/mol. The van der Waals surface area contributed by atoms with E-state index in [2.05, 4.69) is 16.9 Å². The van der Waals surface area contributed by atoms with Crippen LogP contribution >= 0.6 is 11.6 Å². The lowest BCUT2D eigenvalue weighted by Gasteiger charge is -2.37. The number of pyridine rings is 1. The van der Waals surface area contributed by atoms with Crippen LogP contribution in [-0.4, -0.2) is 64.1 Å². The van der Waals surface area contributed by atoms with Gasteiger partial charge in [0.05, 0.1) is 12.7 Å². The van der Waals surface area contributed by atoms with Crippen molar-refractivity contribution in [3.8, 4) is 0 Å². The van der Waals surface area contributed by atoms with E-state index in [1.54, 1.807) is 18.5 Å². The molecule has 2 aromatic heterocycles. The van der Waals surface area contributed by atoms with Crippen LogP contribution in [0, 0.1) is 0 Å². The Morgan fingerprint density at radius 2 is 1.94 bits per heavy atom. The Morgan fingerprint density at radius 1 is 1.26 bits per heavy atom. The number of carbonyl (C=O) groups excluding carboxylic acids is 1. The summed E-state index contributed by atoms with van der Waals surface area (Å²) in [6.45, 7) is 2.60. The van der Waals surface area contributed by atoms with Gasteiger partial charge in [-0.1, -0.05) is 17.7 Å². The SMILES string of the molecule is CN1CCC(N(Cc2cccnc2)C(=O)Cc2coc3cc(Cl)ccc23)CC1.O=C(O)C(F)(F)F. The number of likely N-dealkylation sites (tertiary alicyclic amines) is 1. The first-order chi connectivity index (χ1) is 16.5. The van der Waals surface area contributed by atoms with Crippen molar-refractivity contribution in [1.82, 2.24) is 14.8 Å². The fourth-order valence-electron chi connectivity index (χ4n) is 3.87. The van der Waals surface area contributed by atoms with Gasteiger partial charge in [-0.15, -0.1) is 0 Å². The maximum absolute atomic E-state index is 13.3. The summed E-state index contributed by atoms with van der Waals surface area (Å²) >= 11 is 6.04. The number of carboxylic acid groups (broad SMARTS) is 1. The lowest BCUT2D eigenvalue weighted by atomic mass is 10.0. The Balaban J connectivity index is 0.000000429. The van der Waals surface area contributed by atoms with Crippen molar-refractivity contribution in [1.29, 1.82) is 0 Å². The molecule has 35 heavy (non-hydrogen) atoms. The molecule has 0 unspecified atom stereocenters. The zero-order valence-electron chi connectivity index (χ0n) is 19.0. The van der Waals surface area contributed by atoms with E-state index in [1.807, 2.05) is 35.4 Å². The number of hydrogen-bond donors (Lipinski definition) is 1. The van der Waals surface area contributed by atoms with Gasteiger partial charge < -0.3 is 19.3 Å². The van der Waals surface area contributed by atoms with Crippen molar-refractivity contribution in [2.45, 2.75) is 38.0 Å². The van der Waals surface area contributed by atoms with Gasteiger partial charge in [-0.2, -0.15) is 13.2 Å². The molecule has 0 aliphatic carbocycles. The monoisotopic (exact) mass is 511 g/mol. The molecular formula is C24H25ClF3N3O4. The first-order valence-electron chi connectivity index (χ1n) is 10.9. The molecule has 1 saturated heterocycles. The largest absolute Gasteiger partial charge is 0.490 e. The maximum Gasteiger partial charge on any atom is 0.490 e. The van der Waals surface area contributed by atoms with Crippen LogP contribution in [0.1, 0.15) is 24.0 Å². The molecule has 188 valence electrons. The van der Waals surface area contributed by atoms with Crippen LogP contribution in [-0.2, 0) is 22.6 Å². The van der Waals surface area contributed by atoms with Crippen molar-refractivity contribution in [2.75, 3.05) is 20.1 Å². The van der Waals surface area contributed by atoms with E-state index in [-0.39, 0.29) is 11.9 Å². The number of furan rings is 1. The first-order valence-corrected chi connectivity index (χ1v) is 11.2. The number of carboxylic acids is 1. The Morgan fingerprint density at radius 3 is 2.54 bits per heavy atom. The van der Waals surface area contributed by atoms with Crippen LogP contribution in [0.4, 0.5) is 13.2 Å². The zero-order chi connectivity index (χ0) is 25.6. The second-order valence-electron chi connectivity index (χ2n) is 8.30. The summed E-state index contributed by atoms with van der Waals surface area (Å²) in [6, 6.07) is 9.73. The minimum atomic E-state index is -5.08. The van der Waals surface area contributed by atoms with Crippen LogP contribution in [0.5, 0.6) is 0 Å². The first kappa shape index (κ1) is 26.5. The number of fused-ring (bicyclic) bond motifs is 1. The van der Waals surface area contributed by atoms with E-state index in [1.165, 1.54) is 0 Å². The molecule has 11 heteroatoms. The number of piperidine rings is 1. The van der Waals surface area contributed by atoms with Gasteiger partial charge in [0.25, 0.3) is 0 Å². The van der Waals surface area contributed by atoms with Gasteiger partial charge in [-0.3, -0.25) is 9.78 Å². The number of rotatable bonds is 5. The highest BCUT2D eigenvalue weighted by atomic mass is 35.5. The summed E-state index contributed by atoms with van der Waals surface area (Å²) in [5, 5.41) is 8.70. The lowest BCUT2D eigenvalue weighted by Crippen LogP contribution is -2.46. The van der Waals surface area contributed by atoms with E-state index in [0.717, 1.165) is 42.4 Å². The smallest absolute Gasteiger partial charge is 0.475 e. The number of alkyl halides is 3. The summed E-state index contributed by atoms with van der Waals surface area (Å²) in [7, 11) is 2.13. The Hall–Kier alpha value is -3.11. The minimum Gasteiger partial charge on any atom is -0.475 e. The van der Waals surface area contributed by atoms with Gasteiger partial charge in [-0.25, -0.2) is 4.79 Å². The number of carbonyl (C=O) groups is 2. The summed E-state index contributed by atoms with van der Waals surface area (Å²) in [4.78, 5) is 30.8. The minimum absolute atomic E-state index is 0.121. The molecule has 1 aromatic carbocycles. The number of amides is 1. The predicted molar refractivity (Wildman–Crippen MR) is 124 cm³/mol. The Labute approximate surface area is 205 Å². The molecule has 0 bridgehead atoms. The summed E-state index contributed by atoms with van der Waals surface area (Å²) < 4.78 is 37.4. The molecule has 1 amide bonds. The molecule has 0 saturated carbocycles. The Kier molecular flexibility index (Phi) is 8.74. The molecule has 0 radical (unpaired) electrons. The van der Waals surface area contributed by atoms with Gasteiger partial charge in [0.2, 0.25) is 5.91 Å². The fraction of sp³-hybridized carbons (Fsp3) is 0.375. The third-order valence-electron chi connectivity index (χ3n) is 5.73. The van der Waals surface area contributed by atoms with Crippen LogP contribution in [0.15, 0.2) is 53.4 Å². The number of halogens is 4. The van der Waals surface area contributed by atoms with Gasteiger partial charge in [-0.05, 0) is 62.8 Å². The second kappa shape index (κ2) is 11.5. The molecule has 1 N–H and O–H groups in total. The molecular weight excluding hydrogens is 487 g/mol. The van der Waals surface area contributed by atoms with Gasteiger partial charge in [0.1, 0.15) is 5.58 Å². The van der Waals surface area contributed by atoms with E-state index >= 15 is 0 Å². The van der Waals surface area contributed by atoms with Gasteiger partial charge >= 0.3 is 12.1 Å². The van der Waals surface area contributed by atoms with E-state index in [0.29, 0.717) is 23.6 Å². The molecule has 0 spiro atoms. The van der Waals surface area contributed by atoms with Crippen molar-refractivity contribution in [3.05, 3.63) is 65.1 Å². The highest BCUT2D eigenvalue weighted by molar-refractivity contribution is 6.31. The van der Waals surface area contributed by atoms with E-state index < -0.39 is 12.1 Å². The molecule has 7 nitrogen and oxygen atoms in total. The highest BCUT2D eigenvalue weighted by Crippen LogP contribution is 2.26. The van der Waals surface area contributed by atoms with Crippen molar-refractivity contribution >= 4 is 34.4 Å². The number of benzene rings is 1. The summed E-state index contributed by atoms with van der Waals surface area (Å²) in [5.41, 5.74) is 2.67. The van der Waals surface area contributed by atoms with Gasteiger partial charge in [0, 0.05) is 41.0 Å². The number of aliphatic carboxylic acids is 1. The maximum atomic E-state index is 13.3. The normalized spacial score (nSPS) is 14.9. The second-order valence-corrected chi connectivity index (χ2v) is 8.73. The zero-order valence-corrected chi connectivity index (χ0v) is 19.7. The molecule has 4 rings (SSSR count). The Bertz CT molecular complexity index is 1150. The molecule has 3 aromatic rings. The third-order valence-corrected chi connectivity index (χ3v) is 5.96. The summed E-state index contributed by atoms with van der Waals surface area (Å²) in [5.74, 6) is -2.64. The van der Waals surface area contributed by atoms with Crippen molar-refractivity contribution in [2.24, 2.45) is 0 Å². The van der Waals surface area contributed by atoms with Gasteiger partial charge in [0.15, 0.2) is 0 Å². The average Bonchev–Trinajstić information content (AvgIpc) is 3.20. The standard InChI is InChI=1S/C22H24ClN3O2.C2HF3O2/c1-25-9-6-19(7-10-25)26(14-16-3-2-8-24-13-16)22(27)11-17-15-28-21-12-18(23)4-5-20(17)21;3-2(4,5)1(6)7/h2-5,8,12-13,15,19H,6-7,9-11,14H2,1H3;(H,6,7). The molecule has 0 atom stereocenters. The quantitative estimate of drug-likeness (QED) is 0.530. The number of nitrogens with zero attached hydrogens (tertiary/aromatic N) is 3. The number of aromatic nitrogens is 1. The van der Waals surface area contributed by atoms with Crippen molar-refractivity contribution in [3.63, 3.8) is 0 Å². The predicted octanol–water partition coefficient (Wildman–Crippen LogP) is 4.78. The molecule has 3 heterocycles. The molecule has 1 fully saturated rings. The van der Waals surface area contributed by atoms with E-state index in [4.69, 9.17) is 25.9 Å². The van der Waals surface area contributed by atoms with E-state index in [9.17, 15) is 18.0 Å². The van der Waals surface area contributed by atoms with Crippen LogP contribution in [0.3, 0.4) is 0 Å². The topological polar surface area (TPSA) is 86.9 Å². The van der Waals surface area contributed by atoms with Crippen LogP contribution < -0.4 is 0 Å². The summed E-state index contributed by atoms with van der Waals surface area (Å²) in [6.07, 6.45) is 2.49. The highest BCUT2D eigenvalue weighted by Gasteiger charge is 2.38. The number of hydrogen-bond acceptors (Lipinski definition) is 5. The molecule has 1 aliphatic heterocycles. The van der Waals surface area contributed by atoms with Crippen LogP contribution in [0.2, 0.25) is 5.02 Å².